The van der Waals surface area contributed by atoms with E-state index in [2.05, 4.69) is 10.1 Å². The van der Waals surface area contributed by atoms with Crippen LogP contribution in [0.15, 0.2) is 81.0 Å². The van der Waals surface area contributed by atoms with Gasteiger partial charge in [-0.3, -0.25) is 4.79 Å². The Morgan fingerprint density at radius 1 is 1.05 bits per heavy atom. The summed E-state index contributed by atoms with van der Waals surface area (Å²) in [4.78, 5) is 30.1. The van der Waals surface area contributed by atoms with Crippen LogP contribution in [0.3, 0.4) is 0 Å². The molecule has 38 heavy (non-hydrogen) atoms. The van der Waals surface area contributed by atoms with Crippen LogP contribution in [0.5, 0.6) is 11.5 Å². The maximum atomic E-state index is 13.6. The Labute approximate surface area is 221 Å². The van der Waals surface area contributed by atoms with Gasteiger partial charge < -0.3 is 18.6 Å². The average molecular weight is 532 g/mol. The lowest BCUT2D eigenvalue weighted by atomic mass is 10.2. The summed E-state index contributed by atoms with van der Waals surface area (Å²) < 4.78 is 23.2. The number of benzene rings is 3. The smallest absolute Gasteiger partial charge is 0.346 e. The number of fused-ring (bicyclic) bond motifs is 2. The van der Waals surface area contributed by atoms with Gasteiger partial charge in [-0.05, 0) is 55.5 Å². The lowest BCUT2D eigenvalue weighted by molar-refractivity contribution is -0.147. The minimum Gasteiger partial charge on any atom is -0.496 e. The fraction of sp³-hybridized carbons (Fsp3) is 0.143. The molecule has 0 spiro atoms. The number of carbonyl (C=O) groups excluding carboxylic acids is 1. The van der Waals surface area contributed by atoms with Gasteiger partial charge in [-0.1, -0.05) is 29.8 Å². The lowest BCUT2D eigenvalue weighted by Gasteiger charge is -2.14. The average Bonchev–Trinajstić information content (AvgIpc) is 3.37. The van der Waals surface area contributed by atoms with Gasteiger partial charge in [-0.2, -0.15) is 9.78 Å². The number of esters is 1. The fourth-order valence-electron chi connectivity index (χ4n) is 3.96. The molecule has 0 N–H and O–H groups in total. The Hall–Kier alpha value is -4.63. The second-order valence-electron chi connectivity index (χ2n) is 8.26. The zero-order chi connectivity index (χ0) is 26.8. The molecule has 0 aliphatic carbocycles. The summed E-state index contributed by atoms with van der Waals surface area (Å²) in [5.74, 6) is 0.923. The van der Waals surface area contributed by atoms with Gasteiger partial charge in [0.25, 0.3) is 5.56 Å². The van der Waals surface area contributed by atoms with E-state index in [-0.39, 0.29) is 5.82 Å². The molecule has 5 aromatic rings. The molecule has 10 heteroatoms. The van der Waals surface area contributed by atoms with Crippen molar-refractivity contribution >= 4 is 45.7 Å². The van der Waals surface area contributed by atoms with Gasteiger partial charge in [-0.25, -0.2) is 9.78 Å². The standard InChI is InChI=1S/C28H22ClN3O6/c1-16(28(34)36-3)37-22-12-11-18(29)13-17(22)15-30-32-26(31-21-8-5-4-7-19(21)27(32)33)25-14-20-23(35-2)9-6-10-24(20)38-25/h4-16H,1-3H3/t16-/m0/s1. The molecule has 0 saturated heterocycles. The van der Waals surface area contributed by atoms with Gasteiger partial charge in [-0.15, -0.1) is 0 Å². The van der Waals surface area contributed by atoms with E-state index in [4.69, 9.17) is 30.2 Å². The summed E-state index contributed by atoms with van der Waals surface area (Å²) in [5, 5.41) is 5.98. The largest absolute Gasteiger partial charge is 0.496 e. The normalized spacial score (nSPS) is 12.2. The van der Waals surface area contributed by atoms with Gasteiger partial charge in [0.1, 0.15) is 17.1 Å². The number of hydrogen-bond donors (Lipinski definition) is 0. The number of carbonyl (C=O) groups is 1. The predicted octanol–water partition coefficient (Wildman–Crippen LogP) is 5.29. The highest BCUT2D eigenvalue weighted by molar-refractivity contribution is 6.30. The van der Waals surface area contributed by atoms with Crippen LogP contribution < -0.4 is 15.0 Å². The van der Waals surface area contributed by atoms with E-state index < -0.39 is 17.6 Å². The molecule has 0 aliphatic rings. The first-order valence-corrected chi connectivity index (χ1v) is 11.9. The van der Waals surface area contributed by atoms with Gasteiger partial charge in [0, 0.05) is 10.6 Å². The van der Waals surface area contributed by atoms with Crippen LogP contribution in [0.4, 0.5) is 0 Å². The van der Waals surface area contributed by atoms with E-state index in [1.165, 1.54) is 13.3 Å². The van der Waals surface area contributed by atoms with Crippen LogP contribution in [0.1, 0.15) is 12.5 Å². The third-order valence-corrected chi connectivity index (χ3v) is 6.07. The Balaban J connectivity index is 1.67. The van der Waals surface area contributed by atoms with Crippen LogP contribution in [0.2, 0.25) is 5.02 Å². The minimum atomic E-state index is -0.875. The number of aromatic nitrogens is 2. The van der Waals surface area contributed by atoms with E-state index in [0.717, 1.165) is 10.1 Å². The van der Waals surface area contributed by atoms with Crippen LogP contribution in [-0.2, 0) is 9.53 Å². The van der Waals surface area contributed by atoms with Crippen molar-refractivity contribution in [3.05, 3.63) is 87.7 Å². The highest BCUT2D eigenvalue weighted by Crippen LogP contribution is 2.33. The van der Waals surface area contributed by atoms with E-state index in [1.54, 1.807) is 68.6 Å². The molecule has 1 atom stereocenters. The van der Waals surface area contributed by atoms with Crippen molar-refractivity contribution in [1.82, 2.24) is 9.66 Å². The molecule has 5 rings (SSSR count). The van der Waals surface area contributed by atoms with Crippen molar-refractivity contribution in [2.75, 3.05) is 14.2 Å². The number of halogens is 1. The molecule has 0 fully saturated rings. The minimum absolute atomic E-state index is 0.190. The summed E-state index contributed by atoms with van der Waals surface area (Å²) >= 11 is 6.22. The molecule has 0 saturated carbocycles. The van der Waals surface area contributed by atoms with E-state index >= 15 is 0 Å². The monoisotopic (exact) mass is 531 g/mol. The van der Waals surface area contributed by atoms with Crippen LogP contribution >= 0.6 is 11.6 Å². The number of furan rings is 1. The van der Waals surface area contributed by atoms with Crippen LogP contribution in [0, 0.1) is 0 Å². The van der Waals surface area contributed by atoms with Crippen LogP contribution in [0.25, 0.3) is 33.5 Å². The number of rotatable bonds is 7. The first kappa shape index (κ1) is 25.0. The molecule has 2 aromatic heterocycles. The Kier molecular flexibility index (Phi) is 6.85. The zero-order valence-electron chi connectivity index (χ0n) is 20.7. The maximum Gasteiger partial charge on any atom is 0.346 e. The molecule has 0 aliphatic heterocycles. The maximum absolute atomic E-state index is 13.6. The molecular weight excluding hydrogens is 510 g/mol. The molecule has 3 aromatic carbocycles. The third-order valence-electron chi connectivity index (χ3n) is 5.84. The van der Waals surface area contributed by atoms with Gasteiger partial charge >= 0.3 is 5.97 Å². The number of hydrogen-bond acceptors (Lipinski definition) is 8. The quantitative estimate of drug-likeness (QED) is 0.207. The molecule has 0 unspecified atom stereocenters. The van der Waals surface area contributed by atoms with Gasteiger partial charge in [0.2, 0.25) is 5.82 Å². The molecule has 0 radical (unpaired) electrons. The predicted molar refractivity (Wildman–Crippen MR) is 144 cm³/mol. The lowest BCUT2D eigenvalue weighted by Crippen LogP contribution is -2.25. The molecule has 192 valence electrons. The van der Waals surface area contributed by atoms with Crippen LogP contribution in [-0.4, -0.2) is 42.2 Å². The second-order valence-corrected chi connectivity index (χ2v) is 8.70. The SMILES string of the molecule is COC(=O)[C@H](C)Oc1ccc(Cl)cc1C=Nn1c(-c2cc3c(OC)cccc3o2)nc2ccccc2c1=O. The second kappa shape index (κ2) is 10.4. The highest BCUT2D eigenvalue weighted by atomic mass is 35.5. The Morgan fingerprint density at radius 2 is 1.87 bits per heavy atom. The first-order valence-electron chi connectivity index (χ1n) is 11.6. The Bertz CT molecular complexity index is 1760. The highest BCUT2D eigenvalue weighted by Gasteiger charge is 2.19. The summed E-state index contributed by atoms with van der Waals surface area (Å²) in [7, 11) is 2.85. The molecular formula is C28H22ClN3O6. The first-order chi connectivity index (χ1) is 18.4. The summed E-state index contributed by atoms with van der Waals surface area (Å²) in [6, 6.07) is 19.0. The number of ether oxygens (including phenoxy) is 3. The number of nitrogens with zero attached hydrogens (tertiary/aromatic N) is 3. The van der Waals surface area contributed by atoms with E-state index in [1.807, 2.05) is 12.1 Å². The number of para-hydroxylation sites is 1. The number of methoxy groups -OCH3 is 2. The van der Waals surface area contributed by atoms with Crippen molar-refractivity contribution in [3.63, 3.8) is 0 Å². The van der Waals surface area contributed by atoms with E-state index in [0.29, 0.717) is 44.3 Å². The molecule has 0 amide bonds. The summed E-state index contributed by atoms with van der Waals surface area (Å²) in [6.07, 6.45) is 0.537. The summed E-state index contributed by atoms with van der Waals surface area (Å²) in [6.45, 7) is 1.56. The van der Waals surface area contributed by atoms with Gasteiger partial charge in [0.15, 0.2) is 11.9 Å². The molecule has 9 nitrogen and oxygen atoms in total. The van der Waals surface area contributed by atoms with Crippen molar-refractivity contribution in [2.24, 2.45) is 5.10 Å². The molecule has 0 bridgehead atoms. The fourth-order valence-corrected chi connectivity index (χ4v) is 4.15. The van der Waals surface area contributed by atoms with Crippen molar-refractivity contribution in [3.8, 4) is 23.1 Å². The third kappa shape index (κ3) is 4.71. The van der Waals surface area contributed by atoms with Gasteiger partial charge in [0.05, 0.1) is 36.7 Å². The summed E-state index contributed by atoms with van der Waals surface area (Å²) in [5.41, 5.74) is 1.09. The van der Waals surface area contributed by atoms with Crippen molar-refractivity contribution < 1.29 is 23.4 Å². The Morgan fingerprint density at radius 3 is 2.66 bits per heavy atom. The van der Waals surface area contributed by atoms with Crippen molar-refractivity contribution in [2.45, 2.75) is 13.0 Å². The van der Waals surface area contributed by atoms with Crippen molar-refractivity contribution in [1.29, 1.82) is 0 Å². The zero-order valence-corrected chi connectivity index (χ0v) is 21.4. The molecule has 2 heterocycles. The topological polar surface area (TPSA) is 105 Å². The van der Waals surface area contributed by atoms with E-state index in [9.17, 15) is 9.59 Å².